The number of carbonyl (C=O) groups is 2. The molecule has 0 radical (unpaired) electrons. The van der Waals surface area contributed by atoms with Crippen molar-refractivity contribution >= 4 is 23.2 Å². The molecule has 0 bridgehead atoms. The molecule has 3 aromatic rings. The number of amides is 1. The van der Waals surface area contributed by atoms with E-state index in [1.165, 1.54) is 10.4 Å². The van der Waals surface area contributed by atoms with Crippen LogP contribution < -0.4 is 0 Å². The van der Waals surface area contributed by atoms with E-state index in [1.807, 2.05) is 41.3 Å². The smallest absolute Gasteiger partial charge is 0.339 e. The van der Waals surface area contributed by atoms with Gasteiger partial charge in [-0.3, -0.25) is 4.79 Å². The van der Waals surface area contributed by atoms with Gasteiger partial charge in [0.15, 0.2) is 6.10 Å². The van der Waals surface area contributed by atoms with E-state index in [-0.39, 0.29) is 11.9 Å². The number of esters is 1. The number of thiophene rings is 1. The molecule has 2 atom stereocenters. The van der Waals surface area contributed by atoms with Crippen molar-refractivity contribution in [2.24, 2.45) is 0 Å². The van der Waals surface area contributed by atoms with E-state index in [0.717, 1.165) is 17.5 Å². The Bertz CT molecular complexity index is 1040. The summed E-state index contributed by atoms with van der Waals surface area (Å²) in [6, 6.07) is 19.4. The van der Waals surface area contributed by atoms with E-state index >= 15 is 0 Å². The average Bonchev–Trinajstić information content (AvgIpc) is 3.22. The highest BCUT2D eigenvalue weighted by molar-refractivity contribution is 7.10. The predicted molar refractivity (Wildman–Crippen MR) is 107 cm³/mol. The Balaban J connectivity index is 1.50. The van der Waals surface area contributed by atoms with Crippen LogP contribution in [-0.4, -0.2) is 29.4 Å². The lowest BCUT2D eigenvalue weighted by molar-refractivity contribution is -0.143. The molecule has 0 saturated carbocycles. The number of fused-ring (bicyclic) bond motifs is 2. The quantitative estimate of drug-likeness (QED) is 0.623. The van der Waals surface area contributed by atoms with Crippen LogP contribution in [0.4, 0.5) is 0 Å². The van der Waals surface area contributed by atoms with Gasteiger partial charge in [0.05, 0.1) is 11.6 Å². The summed E-state index contributed by atoms with van der Waals surface area (Å²) in [5.41, 5.74) is 3.70. The molecule has 1 aromatic heterocycles. The fourth-order valence-corrected chi connectivity index (χ4v) is 5.11. The molecule has 4 nitrogen and oxygen atoms in total. The Labute approximate surface area is 167 Å². The minimum Gasteiger partial charge on any atom is -0.448 e. The van der Waals surface area contributed by atoms with Crippen molar-refractivity contribution in [1.29, 1.82) is 0 Å². The van der Waals surface area contributed by atoms with Crippen molar-refractivity contribution in [3.8, 4) is 0 Å². The highest BCUT2D eigenvalue weighted by Crippen LogP contribution is 2.38. The van der Waals surface area contributed by atoms with E-state index in [2.05, 4.69) is 23.6 Å². The lowest BCUT2D eigenvalue weighted by Crippen LogP contribution is -2.48. The molecule has 140 valence electrons. The Morgan fingerprint density at radius 3 is 2.68 bits per heavy atom. The van der Waals surface area contributed by atoms with Gasteiger partial charge in [-0.25, -0.2) is 4.79 Å². The zero-order valence-electron chi connectivity index (χ0n) is 15.2. The van der Waals surface area contributed by atoms with Gasteiger partial charge in [0.1, 0.15) is 0 Å². The Hall–Kier alpha value is -2.92. The lowest BCUT2D eigenvalue weighted by atomic mass is 9.91. The van der Waals surface area contributed by atoms with Crippen LogP contribution in [-0.2, 0) is 22.4 Å². The van der Waals surface area contributed by atoms with Gasteiger partial charge in [-0.1, -0.05) is 48.5 Å². The monoisotopic (exact) mass is 389 g/mol. The Morgan fingerprint density at radius 2 is 1.82 bits per heavy atom. The molecule has 2 unspecified atom stereocenters. The second-order valence-corrected chi connectivity index (χ2v) is 8.15. The number of cyclic esters (lactones) is 1. The second kappa shape index (κ2) is 6.91. The molecule has 0 N–H and O–H groups in total. The van der Waals surface area contributed by atoms with E-state index in [1.54, 1.807) is 17.4 Å². The Morgan fingerprint density at radius 1 is 1.04 bits per heavy atom. The standard InChI is InChI=1S/C23H19NO3S/c25-22(19-14-16-8-4-5-9-17(16)23(26)27-19)24-12-10-20-18(11-13-28-20)21(24)15-6-2-1-3-7-15/h1-9,11,13,19,21H,10,12,14H2. The van der Waals surface area contributed by atoms with Gasteiger partial charge in [0.2, 0.25) is 0 Å². The third-order valence-electron chi connectivity index (χ3n) is 5.53. The first-order valence-corrected chi connectivity index (χ1v) is 10.3. The Kier molecular flexibility index (Phi) is 4.24. The van der Waals surface area contributed by atoms with Crippen LogP contribution in [0.5, 0.6) is 0 Å². The van der Waals surface area contributed by atoms with Crippen molar-refractivity contribution in [1.82, 2.24) is 4.90 Å². The summed E-state index contributed by atoms with van der Waals surface area (Å²) in [4.78, 5) is 29.1. The first kappa shape index (κ1) is 17.2. The van der Waals surface area contributed by atoms with Crippen LogP contribution in [0.15, 0.2) is 66.0 Å². The molecule has 0 fully saturated rings. The summed E-state index contributed by atoms with van der Waals surface area (Å²) in [6.07, 6.45) is 0.489. The molecule has 0 aliphatic carbocycles. The number of hydrogen-bond acceptors (Lipinski definition) is 4. The van der Waals surface area contributed by atoms with E-state index in [4.69, 9.17) is 4.74 Å². The molecule has 5 heteroatoms. The summed E-state index contributed by atoms with van der Waals surface area (Å²) in [5, 5.41) is 2.09. The molecule has 28 heavy (non-hydrogen) atoms. The van der Waals surface area contributed by atoms with Gasteiger partial charge >= 0.3 is 5.97 Å². The molecule has 0 spiro atoms. The van der Waals surface area contributed by atoms with Crippen molar-refractivity contribution in [3.63, 3.8) is 0 Å². The maximum absolute atomic E-state index is 13.5. The van der Waals surface area contributed by atoms with Crippen molar-refractivity contribution in [2.45, 2.75) is 25.0 Å². The number of nitrogens with zero attached hydrogens (tertiary/aromatic N) is 1. The molecular weight excluding hydrogens is 370 g/mol. The van der Waals surface area contributed by atoms with Gasteiger partial charge < -0.3 is 9.64 Å². The van der Waals surface area contributed by atoms with Crippen LogP contribution in [0.1, 0.15) is 38.0 Å². The fourth-order valence-electron chi connectivity index (χ4n) is 4.20. The van der Waals surface area contributed by atoms with Crippen LogP contribution in [0.2, 0.25) is 0 Å². The lowest BCUT2D eigenvalue weighted by Gasteiger charge is -2.38. The fraction of sp³-hybridized carbons (Fsp3) is 0.217. The van der Waals surface area contributed by atoms with Gasteiger partial charge in [-0.15, -0.1) is 11.3 Å². The van der Waals surface area contributed by atoms with E-state index in [9.17, 15) is 9.59 Å². The number of rotatable bonds is 2. The van der Waals surface area contributed by atoms with Crippen molar-refractivity contribution < 1.29 is 14.3 Å². The number of hydrogen-bond donors (Lipinski definition) is 0. The largest absolute Gasteiger partial charge is 0.448 e. The zero-order valence-corrected chi connectivity index (χ0v) is 16.0. The molecule has 2 aliphatic rings. The minimum atomic E-state index is -0.770. The van der Waals surface area contributed by atoms with Gasteiger partial charge in [-0.2, -0.15) is 0 Å². The molecule has 2 aromatic carbocycles. The van der Waals surface area contributed by atoms with Crippen molar-refractivity contribution in [3.05, 3.63) is 93.2 Å². The third kappa shape index (κ3) is 2.83. The molecule has 2 aliphatic heterocycles. The van der Waals surface area contributed by atoms with Crippen LogP contribution in [0, 0.1) is 0 Å². The molecule has 0 saturated heterocycles. The first-order valence-electron chi connectivity index (χ1n) is 9.43. The summed E-state index contributed by atoms with van der Waals surface area (Å²) in [5.74, 6) is -0.529. The maximum Gasteiger partial charge on any atom is 0.339 e. The normalized spacial score (nSPS) is 20.9. The predicted octanol–water partition coefficient (Wildman–Crippen LogP) is 4.00. The number of ether oxygens (including phenoxy) is 1. The van der Waals surface area contributed by atoms with Crippen LogP contribution >= 0.6 is 11.3 Å². The van der Waals surface area contributed by atoms with Gasteiger partial charge in [0, 0.05) is 17.8 Å². The van der Waals surface area contributed by atoms with Crippen LogP contribution in [0.25, 0.3) is 0 Å². The van der Waals surface area contributed by atoms with Crippen molar-refractivity contribution in [2.75, 3.05) is 6.54 Å². The highest BCUT2D eigenvalue weighted by atomic mass is 32.1. The maximum atomic E-state index is 13.5. The first-order chi connectivity index (χ1) is 13.7. The van der Waals surface area contributed by atoms with Crippen LogP contribution in [0.3, 0.4) is 0 Å². The average molecular weight is 389 g/mol. The number of carbonyl (C=O) groups excluding carboxylic acids is 2. The summed E-state index contributed by atoms with van der Waals surface area (Å²) >= 11 is 1.74. The van der Waals surface area contributed by atoms with Gasteiger partial charge in [-0.05, 0) is 40.6 Å². The third-order valence-corrected chi connectivity index (χ3v) is 6.53. The second-order valence-electron chi connectivity index (χ2n) is 7.15. The molecule has 1 amide bonds. The highest BCUT2D eigenvalue weighted by Gasteiger charge is 2.39. The minimum absolute atomic E-state index is 0.117. The molecule has 3 heterocycles. The van der Waals surface area contributed by atoms with Gasteiger partial charge in [0.25, 0.3) is 5.91 Å². The summed E-state index contributed by atoms with van der Waals surface area (Å²) in [7, 11) is 0. The topological polar surface area (TPSA) is 46.6 Å². The van der Waals surface area contributed by atoms with E-state index < -0.39 is 12.1 Å². The summed E-state index contributed by atoms with van der Waals surface area (Å²) in [6.45, 7) is 0.627. The number of benzene rings is 2. The zero-order chi connectivity index (χ0) is 19.1. The summed E-state index contributed by atoms with van der Waals surface area (Å²) < 4.78 is 5.55. The van der Waals surface area contributed by atoms with E-state index in [0.29, 0.717) is 18.5 Å². The molecular formula is C23H19NO3S. The molecule has 5 rings (SSSR count). The SMILES string of the molecule is O=C1OC(C(=O)N2CCc3sccc3C2c2ccccc2)Cc2ccccc21.